The first-order chi connectivity index (χ1) is 13.5. The summed E-state index contributed by atoms with van der Waals surface area (Å²) in [5, 5.41) is 1.23. The Morgan fingerprint density at radius 1 is 0.862 bits per heavy atom. The molecule has 14 heteroatoms. The van der Waals surface area contributed by atoms with Crippen molar-refractivity contribution in [1.29, 1.82) is 0 Å². The molecule has 0 aliphatic rings. The average molecular weight is 459 g/mol. The van der Waals surface area contributed by atoms with Gasteiger partial charge in [0.2, 0.25) is 5.91 Å². The molecule has 1 N–H and O–H groups in total. The second-order valence-electron chi connectivity index (χ2n) is 5.15. The molecule has 0 rings (SSSR count). The molecule has 168 valence electrons. The SMILES string of the molecule is CCOC(=O)C(NC(C)=O)(C(=O)OCC)/C(=C/P(=O)(OC)OC)P(=O)(OC)OC. The lowest BCUT2D eigenvalue weighted by atomic mass is 9.99. The first-order valence-corrected chi connectivity index (χ1v) is 11.4. The van der Waals surface area contributed by atoms with Gasteiger partial charge in [0, 0.05) is 41.2 Å². The van der Waals surface area contributed by atoms with Gasteiger partial charge in [-0.2, -0.15) is 0 Å². The predicted octanol–water partition coefficient (Wildman–Crippen LogP) is 1.80. The zero-order valence-corrected chi connectivity index (χ0v) is 19.2. The summed E-state index contributed by atoms with van der Waals surface area (Å²) >= 11 is 0. The van der Waals surface area contributed by atoms with Crippen LogP contribution in [0.25, 0.3) is 0 Å². The zero-order valence-electron chi connectivity index (χ0n) is 17.4. The Kier molecular flexibility index (Phi) is 11.0. The van der Waals surface area contributed by atoms with E-state index >= 15 is 0 Å². The molecule has 12 nitrogen and oxygen atoms in total. The third kappa shape index (κ3) is 6.21. The minimum Gasteiger partial charge on any atom is -0.464 e. The lowest BCUT2D eigenvalue weighted by molar-refractivity contribution is -0.165. The van der Waals surface area contributed by atoms with Gasteiger partial charge in [-0.15, -0.1) is 0 Å². The van der Waals surface area contributed by atoms with Crippen LogP contribution in [0.1, 0.15) is 20.8 Å². The van der Waals surface area contributed by atoms with Crippen molar-refractivity contribution in [3.8, 4) is 0 Å². The summed E-state index contributed by atoms with van der Waals surface area (Å²) < 4.78 is 55.3. The van der Waals surface area contributed by atoms with Crippen molar-refractivity contribution in [3.63, 3.8) is 0 Å². The Bertz CT molecular complexity index is 700. The maximum atomic E-state index is 13.3. The van der Waals surface area contributed by atoms with Gasteiger partial charge in [-0.1, -0.05) is 0 Å². The van der Waals surface area contributed by atoms with Crippen LogP contribution in [0.2, 0.25) is 0 Å². The van der Waals surface area contributed by atoms with Gasteiger partial charge in [0.05, 0.1) is 18.5 Å². The summed E-state index contributed by atoms with van der Waals surface area (Å²) in [6.45, 7) is 3.42. The van der Waals surface area contributed by atoms with Gasteiger partial charge in [0.25, 0.3) is 5.54 Å². The number of carbonyl (C=O) groups is 3. The molecule has 0 aliphatic heterocycles. The molecule has 0 bridgehead atoms. The summed E-state index contributed by atoms with van der Waals surface area (Å²) in [4.78, 5) is 37.8. The third-order valence-corrected chi connectivity index (χ3v) is 7.29. The molecule has 0 fully saturated rings. The van der Waals surface area contributed by atoms with Gasteiger partial charge >= 0.3 is 27.1 Å². The lowest BCUT2D eigenvalue weighted by Gasteiger charge is -2.34. The Morgan fingerprint density at radius 2 is 1.28 bits per heavy atom. The van der Waals surface area contributed by atoms with Crippen LogP contribution in [-0.4, -0.2) is 65.0 Å². The number of rotatable bonds is 12. The molecule has 0 unspecified atom stereocenters. The summed E-state index contributed by atoms with van der Waals surface area (Å²) in [5.74, 6) is -3.04. The maximum absolute atomic E-state index is 13.3. The summed E-state index contributed by atoms with van der Waals surface area (Å²) in [7, 11) is -4.78. The first-order valence-electron chi connectivity index (χ1n) is 8.26. The number of hydrogen-bond donors (Lipinski definition) is 1. The van der Waals surface area contributed by atoms with E-state index in [9.17, 15) is 23.5 Å². The monoisotopic (exact) mass is 459 g/mol. The average Bonchev–Trinajstić information content (AvgIpc) is 2.69. The van der Waals surface area contributed by atoms with Crippen LogP contribution in [0.15, 0.2) is 11.1 Å². The van der Waals surface area contributed by atoms with Gasteiger partial charge in [0.1, 0.15) is 0 Å². The van der Waals surface area contributed by atoms with Crippen molar-refractivity contribution in [1.82, 2.24) is 5.32 Å². The van der Waals surface area contributed by atoms with E-state index in [0.29, 0.717) is 5.82 Å². The Labute approximate surface area is 169 Å². The first kappa shape index (κ1) is 27.5. The fourth-order valence-corrected chi connectivity index (χ4v) is 5.21. The summed E-state index contributed by atoms with van der Waals surface area (Å²) in [5.41, 5.74) is -2.86. The Morgan fingerprint density at radius 3 is 1.55 bits per heavy atom. The van der Waals surface area contributed by atoms with Crippen molar-refractivity contribution >= 4 is 33.0 Å². The van der Waals surface area contributed by atoms with E-state index in [-0.39, 0.29) is 13.2 Å². The molecule has 0 aromatic rings. The molecule has 0 spiro atoms. The number of esters is 2. The Balaban J connectivity index is 7.42. The van der Waals surface area contributed by atoms with E-state index in [2.05, 4.69) is 5.32 Å². The van der Waals surface area contributed by atoms with Gasteiger partial charge in [-0.3, -0.25) is 13.9 Å². The fourth-order valence-electron chi connectivity index (χ4n) is 2.18. The molecule has 0 atom stereocenters. The number of carbonyl (C=O) groups excluding carboxylic acids is 3. The number of ether oxygens (including phenoxy) is 2. The van der Waals surface area contributed by atoms with Crippen molar-refractivity contribution in [3.05, 3.63) is 11.1 Å². The van der Waals surface area contributed by atoms with Crippen molar-refractivity contribution in [2.24, 2.45) is 0 Å². The molecule has 0 heterocycles. The second-order valence-corrected chi connectivity index (χ2v) is 9.43. The number of amides is 1. The Hall–Kier alpha value is -1.55. The highest BCUT2D eigenvalue weighted by Gasteiger charge is 2.60. The van der Waals surface area contributed by atoms with Crippen LogP contribution in [0.3, 0.4) is 0 Å². The van der Waals surface area contributed by atoms with E-state index in [1.807, 2.05) is 0 Å². The van der Waals surface area contributed by atoms with Crippen molar-refractivity contribution in [2.75, 3.05) is 41.7 Å². The summed E-state index contributed by atoms with van der Waals surface area (Å²) in [6.07, 6.45) is 0. The quantitative estimate of drug-likeness (QED) is 0.258. The minimum absolute atomic E-state index is 0.219. The normalized spacial score (nSPS) is 13.0. The van der Waals surface area contributed by atoms with Crippen LogP contribution in [-0.2, 0) is 51.1 Å². The standard InChI is InChI=1S/C15H27NO11P2/c1-8-26-13(18)15(16-11(3)17,14(19)27-9-2)12(29(21,24-6)25-7)10-28(20,22-4)23-5/h10H,8-9H2,1-7H3,(H,16,17)/b12-10-. The van der Waals surface area contributed by atoms with Crippen LogP contribution < -0.4 is 5.32 Å². The smallest absolute Gasteiger partial charge is 0.360 e. The lowest BCUT2D eigenvalue weighted by Crippen LogP contribution is -2.62. The molecule has 0 saturated carbocycles. The highest BCUT2D eigenvalue weighted by molar-refractivity contribution is 7.62. The van der Waals surface area contributed by atoms with Crippen molar-refractivity contribution < 1.29 is 51.1 Å². The molecule has 0 radical (unpaired) electrons. The van der Waals surface area contributed by atoms with Gasteiger partial charge < -0.3 is 32.9 Å². The van der Waals surface area contributed by atoms with Crippen molar-refractivity contribution in [2.45, 2.75) is 26.3 Å². The largest absolute Gasteiger partial charge is 0.464 e. The molecule has 0 aromatic heterocycles. The van der Waals surface area contributed by atoms with Gasteiger partial charge in [-0.25, -0.2) is 9.59 Å². The topological polar surface area (TPSA) is 153 Å². The van der Waals surface area contributed by atoms with Crippen LogP contribution in [0, 0.1) is 0 Å². The molecule has 0 aromatic carbocycles. The van der Waals surface area contributed by atoms with E-state index in [1.165, 1.54) is 13.8 Å². The summed E-state index contributed by atoms with van der Waals surface area (Å²) in [6, 6.07) is 0. The molecule has 0 aliphatic carbocycles. The van der Waals surface area contributed by atoms with E-state index < -0.39 is 43.9 Å². The highest BCUT2D eigenvalue weighted by Crippen LogP contribution is 2.63. The number of nitrogens with one attached hydrogen (secondary N) is 1. The fraction of sp³-hybridized carbons (Fsp3) is 0.667. The molecular weight excluding hydrogens is 432 g/mol. The molecule has 1 amide bonds. The van der Waals surface area contributed by atoms with Crippen LogP contribution in [0.4, 0.5) is 0 Å². The maximum Gasteiger partial charge on any atom is 0.360 e. The number of hydrogen-bond acceptors (Lipinski definition) is 11. The third-order valence-electron chi connectivity index (χ3n) is 3.48. The molecule has 29 heavy (non-hydrogen) atoms. The molecule has 0 saturated heterocycles. The van der Waals surface area contributed by atoms with Crippen LogP contribution >= 0.6 is 15.2 Å². The van der Waals surface area contributed by atoms with Gasteiger partial charge in [0.15, 0.2) is 0 Å². The van der Waals surface area contributed by atoms with E-state index in [4.69, 9.17) is 27.6 Å². The van der Waals surface area contributed by atoms with E-state index in [0.717, 1.165) is 35.4 Å². The minimum atomic E-state index is -4.53. The predicted molar refractivity (Wildman–Crippen MR) is 101 cm³/mol. The molecular formula is C15H27NO11P2. The zero-order chi connectivity index (χ0) is 22.9. The highest BCUT2D eigenvalue weighted by atomic mass is 31.2. The van der Waals surface area contributed by atoms with Gasteiger partial charge in [-0.05, 0) is 13.8 Å². The van der Waals surface area contributed by atoms with Crippen LogP contribution in [0.5, 0.6) is 0 Å². The van der Waals surface area contributed by atoms with E-state index in [1.54, 1.807) is 0 Å². The second kappa shape index (κ2) is 11.6.